The van der Waals surface area contributed by atoms with E-state index < -0.39 is 59.7 Å². The number of benzene rings is 3. The topological polar surface area (TPSA) is 119 Å². The van der Waals surface area contributed by atoms with Gasteiger partial charge in [0.25, 0.3) is 5.91 Å². The van der Waals surface area contributed by atoms with Gasteiger partial charge in [-0.05, 0) is 84.8 Å². The van der Waals surface area contributed by atoms with Crippen LogP contribution in [0.25, 0.3) is 5.57 Å². The third-order valence-electron chi connectivity index (χ3n) is 7.27. The van der Waals surface area contributed by atoms with E-state index in [0.717, 1.165) is 42.9 Å². The fourth-order valence-electron chi connectivity index (χ4n) is 4.85. The average Bonchev–Trinajstić information content (AvgIpc) is 3.02. The number of urea groups is 1. The predicted molar refractivity (Wildman–Crippen MR) is 157 cm³/mol. The Kier molecular flexibility index (Phi) is 10.4. The van der Waals surface area contributed by atoms with Crippen LogP contribution >= 0.6 is 0 Å². The van der Waals surface area contributed by atoms with Gasteiger partial charge < -0.3 is 20.8 Å². The summed E-state index contributed by atoms with van der Waals surface area (Å²) >= 11 is 0. The first kappa shape index (κ1) is 34.0. The van der Waals surface area contributed by atoms with Gasteiger partial charge in [0.1, 0.15) is 0 Å². The van der Waals surface area contributed by atoms with Gasteiger partial charge in [0.05, 0.1) is 24.2 Å². The van der Waals surface area contributed by atoms with Gasteiger partial charge >= 0.3 is 24.4 Å². The maximum absolute atomic E-state index is 13.5. The van der Waals surface area contributed by atoms with Crippen LogP contribution in [0.5, 0.6) is 0 Å². The number of halogens is 6. The fraction of sp³-hybridized carbons (Fsp3) is 0.281. The van der Waals surface area contributed by atoms with E-state index in [9.17, 15) is 45.8 Å². The minimum absolute atomic E-state index is 0.117. The number of aliphatic hydroxyl groups excluding tert-OH is 1. The molecule has 0 radical (unpaired) electrons. The van der Waals surface area contributed by atoms with Crippen molar-refractivity contribution >= 4 is 34.9 Å². The van der Waals surface area contributed by atoms with Gasteiger partial charge in [0.15, 0.2) is 6.10 Å². The van der Waals surface area contributed by atoms with E-state index in [1.807, 2.05) is 0 Å². The zero-order valence-electron chi connectivity index (χ0n) is 24.1. The Labute approximate surface area is 259 Å². The van der Waals surface area contributed by atoms with Crippen LogP contribution in [0.2, 0.25) is 0 Å². The van der Waals surface area contributed by atoms with E-state index in [0.29, 0.717) is 11.3 Å². The SMILES string of the molecule is O=C(NC[C@@H](O)C(=O)O)c1ccc(CN(C(=O)Nc2ccc(C(F)(F)F)c(C(F)(F)F)c2)c2ccc(C3=CCCCC3)cc2)cc1. The van der Waals surface area contributed by atoms with Crippen LogP contribution in [0, 0.1) is 0 Å². The summed E-state index contributed by atoms with van der Waals surface area (Å²) in [5.74, 6) is -2.18. The van der Waals surface area contributed by atoms with Gasteiger partial charge in [-0.15, -0.1) is 0 Å². The Morgan fingerprint density at radius 2 is 1.50 bits per heavy atom. The molecule has 0 aliphatic heterocycles. The first-order valence-corrected chi connectivity index (χ1v) is 14.1. The van der Waals surface area contributed by atoms with Gasteiger partial charge in [0, 0.05) is 16.9 Å². The highest BCUT2D eigenvalue weighted by molar-refractivity contribution is 6.02. The summed E-state index contributed by atoms with van der Waals surface area (Å²) in [6.45, 7) is -0.683. The minimum atomic E-state index is -5.34. The summed E-state index contributed by atoms with van der Waals surface area (Å²) < 4.78 is 80.3. The fourth-order valence-corrected chi connectivity index (χ4v) is 4.85. The number of carboxylic acid groups (broad SMARTS) is 1. The highest BCUT2D eigenvalue weighted by atomic mass is 19.4. The van der Waals surface area contributed by atoms with Gasteiger partial charge in [-0.25, -0.2) is 9.59 Å². The molecule has 0 heterocycles. The summed E-state index contributed by atoms with van der Waals surface area (Å²) in [5, 5.41) is 22.7. The number of rotatable bonds is 9. The van der Waals surface area contributed by atoms with Crippen molar-refractivity contribution in [2.24, 2.45) is 0 Å². The number of nitrogens with zero attached hydrogens (tertiary/aromatic N) is 1. The molecule has 8 nitrogen and oxygen atoms in total. The zero-order chi connectivity index (χ0) is 33.6. The van der Waals surface area contributed by atoms with Crippen molar-refractivity contribution in [3.8, 4) is 0 Å². The molecule has 46 heavy (non-hydrogen) atoms. The van der Waals surface area contributed by atoms with Crippen LogP contribution in [-0.2, 0) is 23.7 Å². The van der Waals surface area contributed by atoms with Gasteiger partial charge in [-0.3, -0.25) is 9.69 Å². The van der Waals surface area contributed by atoms with Crippen molar-refractivity contribution in [2.75, 3.05) is 16.8 Å². The van der Waals surface area contributed by atoms with Crippen molar-refractivity contribution in [2.45, 2.75) is 50.7 Å². The highest BCUT2D eigenvalue weighted by Gasteiger charge is 2.43. The Morgan fingerprint density at radius 1 is 0.848 bits per heavy atom. The molecule has 1 aliphatic rings. The van der Waals surface area contributed by atoms with Gasteiger partial charge in [-0.2, -0.15) is 26.3 Å². The molecule has 244 valence electrons. The number of anilines is 2. The lowest BCUT2D eigenvalue weighted by molar-refractivity contribution is -0.162. The third kappa shape index (κ3) is 8.65. The normalized spacial score (nSPS) is 14.2. The van der Waals surface area contributed by atoms with E-state index >= 15 is 0 Å². The number of carbonyl (C=O) groups excluding carboxylic acids is 2. The molecule has 0 aromatic heterocycles. The second-order valence-corrected chi connectivity index (χ2v) is 10.6. The third-order valence-corrected chi connectivity index (χ3v) is 7.27. The molecular formula is C32H29F6N3O5. The Balaban J connectivity index is 1.60. The Hall–Kier alpha value is -4.85. The number of carbonyl (C=O) groups is 3. The van der Waals surface area contributed by atoms with Crippen LogP contribution < -0.4 is 15.5 Å². The van der Waals surface area contributed by atoms with Crippen LogP contribution in [0.15, 0.2) is 72.8 Å². The molecule has 3 aromatic carbocycles. The quantitative estimate of drug-likeness (QED) is 0.185. The highest BCUT2D eigenvalue weighted by Crippen LogP contribution is 2.41. The largest absolute Gasteiger partial charge is 0.479 e. The average molecular weight is 650 g/mol. The standard InChI is InChI=1S/C32H29F6N3O5/c33-31(34,35)25-15-12-23(16-26(25)32(36,37)38)40-30(46)41(24-13-10-21(11-14-24)20-4-2-1-3-5-20)18-19-6-8-22(9-7-19)28(43)39-17-27(42)29(44)45/h4,6-16,27,42H,1-3,5,17-18H2,(H,39,43)(H,40,46)(H,44,45)/t27-/m1/s1. The lowest BCUT2D eigenvalue weighted by Gasteiger charge is -2.25. The Morgan fingerprint density at radius 3 is 2.07 bits per heavy atom. The van der Waals surface area contributed by atoms with E-state index in [-0.39, 0.29) is 24.2 Å². The molecule has 4 N–H and O–H groups in total. The molecule has 1 atom stereocenters. The second-order valence-electron chi connectivity index (χ2n) is 10.6. The number of alkyl halides is 6. The number of nitrogens with one attached hydrogen (secondary N) is 2. The molecule has 1 aliphatic carbocycles. The summed E-state index contributed by atoms with van der Waals surface area (Å²) in [5.41, 5.74) is -1.33. The molecule has 14 heteroatoms. The van der Waals surface area contributed by atoms with Gasteiger partial charge in [0.2, 0.25) is 0 Å². The molecule has 0 fully saturated rings. The smallest absolute Gasteiger partial charge is 0.417 e. The number of hydrogen-bond acceptors (Lipinski definition) is 4. The molecular weight excluding hydrogens is 620 g/mol. The summed E-state index contributed by atoms with van der Waals surface area (Å²) in [7, 11) is 0. The molecule has 0 bridgehead atoms. The van der Waals surface area contributed by atoms with Crippen molar-refractivity contribution < 1.29 is 50.9 Å². The van der Waals surface area contributed by atoms with E-state index in [1.165, 1.54) is 29.2 Å². The van der Waals surface area contributed by atoms with Crippen LogP contribution in [-0.4, -0.2) is 40.8 Å². The number of allylic oxidation sites excluding steroid dienone is 2. The lowest BCUT2D eigenvalue weighted by atomic mass is 9.93. The summed E-state index contributed by atoms with van der Waals surface area (Å²) in [4.78, 5) is 37.8. The van der Waals surface area contributed by atoms with E-state index in [4.69, 9.17) is 5.11 Å². The molecule has 4 rings (SSSR count). The molecule has 0 saturated carbocycles. The monoisotopic (exact) mass is 649 g/mol. The molecule has 0 spiro atoms. The van der Waals surface area contributed by atoms with Gasteiger partial charge in [-0.1, -0.05) is 30.3 Å². The van der Waals surface area contributed by atoms with Crippen LogP contribution in [0.4, 0.5) is 42.5 Å². The zero-order valence-corrected chi connectivity index (χ0v) is 24.1. The maximum atomic E-state index is 13.5. The van der Waals surface area contributed by atoms with E-state index in [1.54, 1.807) is 24.3 Å². The second kappa shape index (κ2) is 14.1. The van der Waals surface area contributed by atoms with Crippen molar-refractivity contribution in [3.63, 3.8) is 0 Å². The predicted octanol–water partition coefficient (Wildman–Crippen LogP) is 7.10. The summed E-state index contributed by atoms with van der Waals surface area (Å²) in [6.07, 6.45) is -6.34. The van der Waals surface area contributed by atoms with Crippen molar-refractivity contribution in [3.05, 3.63) is 101 Å². The van der Waals surface area contributed by atoms with Crippen molar-refractivity contribution in [1.29, 1.82) is 0 Å². The van der Waals surface area contributed by atoms with Crippen LogP contribution in [0.3, 0.4) is 0 Å². The Bertz CT molecular complexity index is 1600. The van der Waals surface area contributed by atoms with Crippen molar-refractivity contribution in [1.82, 2.24) is 5.32 Å². The minimum Gasteiger partial charge on any atom is -0.479 e. The number of hydrogen-bond donors (Lipinski definition) is 4. The number of carboxylic acids is 1. The molecule has 0 unspecified atom stereocenters. The molecule has 0 saturated heterocycles. The summed E-state index contributed by atoms with van der Waals surface area (Å²) in [6, 6.07) is 12.9. The lowest BCUT2D eigenvalue weighted by Crippen LogP contribution is -2.36. The van der Waals surface area contributed by atoms with Crippen LogP contribution in [0.1, 0.15) is 58.3 Å². The number of amides is 3. The number of aliphatic hydroxyl groups is 1. The number of aliphatic carboxylic acids is 1. The molecule has 3 amide bonds. The first-order chi connectivity index (χ1) is 21.6. The molecule has 3 aromatic rings. The van der Waals surface area contributed by atoms with E-state index in [2.05, 4.69) is 16.7 Å². The maximum Gasteiger partial charge on any atom is 0.417 e. The first-order valence-electron chi connectivity index (χ1n) is 14.1.